The molecule has 2 aliphatic rings. The minimum absolute atomic E-state index is 0.182. The quantitative estimate of drug-likeness (QED) is 0.796. The van der Waals surface area contributed by atoms with E-state index in [0.29, 0.717) is 28.1 Å². The maximum Gasteiger partial charge on any atom is 0.167 e. The molecule has 2 aromatic rings. The fourth-order valence-electron chi connectivity index (χ4n) is 3.74. The first kappa shape index (κ1) is 14.4. The van der Waals surface area contributed by atoms with E-state index < -0.39 is 0 Å². The Bertz CT molecular complexity index is 728. The van der Waals surface area contributed by atoms with Crippen molar-refractivity contribution in [2.24, 2.45) is 5.92 Å². The molecule has 3 unspecified atom stereocenters. The van der Waals surface area contributed by atoms with Crippen LogP contribution in [0.2, 0.25) is 5.15 Å². The second-order valence-electron chi connectivity index (χ2n) is 6.16. The SMILES string of the molecule is CCC1OC(n2cnc3c(Cl)nc(C)nc32)[C@@]2(CCO2)C1C. The number of aromatic nitrogens is 4. The summed E-state index contributed by atoms with van der Waals surface area (Å²) in [5.41, 5.74) is 1.04. The molecule has 2 aliphatic heterocycles. The maximum atomic E-state index is 6.31. The third-order valence-corrected chi connectivity index (χ3v) is 5.32. The molecule has 6 nitrogen and oxygen atoms in total. The van der Waals surface area contributed by atoms with Crippen LogP contribution < -0.4 is 0 Å². The normalized spacial score (nSPS) is 34.5. The minimum atomic E-state index is -0.278. The first-order valence-electron chi connectivity index (χ1n) is 7.73. The fourth-order valence-corrected chi connectivity index (χ4v) is 3.99. The summed E-state index contributed by atoms with van der Waals surface area (Å²) < 4.78 is 14.3. The highest BCUT2D eigenvalue weighted by molar-refractivity contribution is 6.33. The van der Waals surface area contributed by atoms with Crippen molar-refractivity contribution in [3.63, 3.8) is 0 Å². The van der Waals surface area contributed by atoms with E-state index in [4.69, 9.17) is 21.1 Å². The zero-order chi connectivity index (χ0) is 15.5. The van der Waals surface area contributed by atoms with E-state index in [9.17, 15) is 0 Å². The number of hydrogen-bond acceptors (Lipinski definition) is 5. The van der Waals surface area contributed by atoms with Gasteiger partial charge in [-0.1, -0.05) is 25.4 Å². The summed E-state index contributed by atoms with van der Waals surface area (Å²) in [6.07, 6.45) is 3.67. The molecule has 2 saturated heterocycles. The molecule has 0 N–H and O–H groups in total. The van der Waals surface area contributed by atoms with E-state index in [1.54, 1.807) is 6.33 Å². The standard InChI is InChI=1S/C15H19ClN4O2/c1-4-10-8(2)15(5-6-21-15)14(22-10)20-7-17-11-12(16)18-9(3)19-13(11)20/h7-8,10,14H,4-6H2,1-3H3/t8?,10?,14?,15-/m1/s1. The molecule has 0 saturated carbocycles. The van der Waals surface area contributed by atoms with Crippen LogP contribution in [0.1, 0.15) is 38.7 Å². The molecule has 0 aliphatic carbocycles. The van der Waals surface area contributed by atoms with E-state index in [0.717, 1.165) is 19.4 Å². The summed E-state index contributed by atoms with van der Waals surface area (Å²) in [6.45, 7) is 6.96. The lowest BCUT2D eigenvalue weighted by molar-refractivity contribution is -0.211. The largest absolute Gasteiger partial charge is 0.370 e. The van der Waals surface area contributed by atoms with Crippen LogP contribution in [0.4, 0.5) is 0 Å². The van der Waals surface area contributed by atoms with E-state index >= 15 is 0 Å². The van der Waals surface area contributed by atoms with E-state index in [1.807, 2.05) is 11.5 Å². The Morgan fingerprint density at radius 1 is 1.45 bits per heavy atom. The molecule has 0 aromatic carbocycles. The van der Waals surface area contributed by atoms with Gasteiger partial charge in [-0.3, -0.25) is 4.57 Å². The zero-order valence-electron chi connectivity index (χ0n) is 12.9. The molecule has 22 heavy (non-hydrogen) atoms. The third-order valence-electron chi connectivity index (χ3n) is 5.06. The first-order chi connectivity index (χ1) is 10.6. The second kappa shape index (κ2) is 4.88. The monoisotopic (exact) mass is 322 g/mol. The molecule has 0 radical (unpaired) electrons. The van der Waals surface area contributed by atoms with Crippen LogP contribution in [0.3, 0.4) is 0 Å². The number of ether oxygens (including phenoxy) is 2. The molecule has 4 atom stereocenters. The van der Waals surface area contributed by atoms with Gasteiger partial charge in [0.15, 0.2) is 17.0 Å². The van der Waals surface area contributed by atoms with E-state index in [-0.39, 0.29) is 17.9 Å². The van der Waals surface area contributed by atoms with Crippen molar-refractivity contribution in [2.75, 3.05) is 6.61 Å². The highest BCUT2D eigenvalue weighted by Crippen LogP contribution is 2.53. The van der Waals surface area contributed by atoms with Gasteiger partial charge in [0.25, 0.3) is 0 Å². The summed E-state index contributed by atoms with van der Waals surface area (Å²) >= 11 is 6.19. The van der Waals surface area contributed by atoms with Crippen molar-refractivity contribution in [3.8, 4) is 0 Å². The number of imidazole rings is 1. The molecule has 7 heteroatoms. The van der Waals surface area contributed by atoms with Gasteiger partial charge in [-0.15, -0.1) is 0 Å². The molecule has 4 heterocycles. The van der Waals surface area contributed by atoms with Crippen molar-refractivity contribution in [1.29, 1.82) is 0 Å². The number of aryl methyl sites for hydroxylation is 1. The third kappa shape index (κ3) is 1.77. The minimum Gasteiger partial charge on any atom is -0.370 e. The second-order valence-corrected chi connectivity index (χ2v) is 6.52. The maximum absolute atomic E-state index is 6.31. The van der Waals surface area contributed by atoms with Gasteiger partial charge in [0, 0.05) is 12.3 Å². The summed E-state index contributed by atoms with van der Waals surface area (Å²) in [5, 5.41) is 0.378. The number of rotatable bonds is 2. The van der Waals surface area contributed by atoms with Crippen molar-refractivity contribution in [3.05, 3.63) is 17.3 Å². The Kier molecular flexibility index (Phi) is 3.18. The number of fused-ring (bicyclic) bond motifs is 1. The zero-order valence-corrected chi connectivity index (χ0v) is 13.7. The highest BCUT2D eigenvalue weighted by atomic mass is 35.5. The van der Waals surface area contributed by atoms with Gasteiger partial charge in [0.05, 0.1) is 19.0 Å². The van der Waals surface area contributed by atoms with Gasteiger partial charge in [0.1, 0.15) is 16.9 Å². The molecule has 0 amide bonds. The number of hydrogen-bond donors (Lipinski definition) is 0. The Balaban J connectivity index is 1.84. The molecular weight excluding hydrogens is 304 g/mol. The van der Waals surface area contributed by atoms with Crippen molar-refractivity contribution >= 4 is 22.8 Å². The fraction of sp³-hybridized carbons (Fsp3) is 0.667. The Morgan fingerprint density at radius 3 is 2.86 bits per heavy atom. The molecule has 2 aromatic heterocycles. The number of nitrogens with zero attached hydrogens (tertiary/aromatic N) is 4. The van der Waals surface area contributed by atoms with E-state index in [1.165, 1.54) is 0 Å². The van der Waals surface area contributed by atoms with Gasteiger partial charge in [0.2, 0.25) is 0 Å². The van der Waals surface area contributed by atoms with Gasteiger partial charge >= 0.3 is 0 Å². The smallest absolute Gasteiger partial charge is 0.167 e. The molecule has 1 spiro atoms. The van der Waals surface area contributed by atoms with Crippen molar-refractivity contribution in [1.82, 2.24) is 19.5 Å². The van der Waals surface area contributed by atoms with Gasteiger partial charge in [-0.05, 0) is 13.3 Å². The molecule has 2 fully saturated rings. The van der Waals surface area contributed by atoms with E-state index in [2.05, 4.69) is 28.8 Å². The topological polar surface area (TPSA) is 62.1 Å². The number of halogens is 1. The lowest BCUT2D eigenvalue weighted by Crippen LogP contribution is -2.52. The van der Waals surface area contributed by atoms with Crippen LogP contribution in [0.25, 0.3) is 11.2 Å². The van der Waals surface area contributed by atoms with Crippen LogP contribution in [-0.2, 0) is 9.47 Å². The molecule has 118 valence electrons. The van der Waals surface area contributed by atoms with Crippen LogP contribution in [0.5, 0.6) is 0 Å². The lowest BCUT2D eigenvalue weighted by atomic mass is 9.79. The van der Waals surface area contributed by atoms with Gasteiger partial charge < -0.3 is 9.47 Å². The van der Waals surface area contributed by atoms with Crippen molar-refractivity contribution < 1.29 is 9.47 Å². The molecule has 4 rings (SSSR count). The Morgan fingerprint density at radius 2 is 2.23 bits per heavy atom. The predicted molar refractivity (Wildman–Crippen MR) is 81.7 cm³/mol. The first-order valence-corrected chi connectivity index (χ1v) is 8.10. The molecular formula is C15H19ClN4O2. The summed E-state index contributed by atoms with van der Waals surface area (Å²) in [5.74, 6) is 0.966. The van der Waals surface area contributed by atoms with Gasteiger partial charge in [-0.25, -0.2) is 15.0 Å². The van der Waals surface area contributed by atoms with Crippen LogP contribution >= 0.6 is 11.6 Å². The van der Waals surface area contributed by atoms with Gasteiger partial charge in [-0.2, -0.15) is 0 Å². The van der Waals surface area contributed by atoms with Crippen LogP contribution in [0.15, 0.2) is 6.33 Å². The Hall–Kier alpha value is -1.24. The van der Waals surface area contributed by atoms with Crippen molar-refractivity contribution in [2.45, 2.75) is 51.5 Å². The van der Waals surface area contributed by atoms with Crippen LogP contribution in [-0.4, -0.2) is 37.8 Å². The van der Waals surface area contributed by atoms with Crippen LogP contribution in [0, 0.1) is 12.8 Å². The average Bonchev–Trinajstić information content (AvgIpc) is 2.96. The summed E-state index contributed by atoms with van der Waals surface area (Å²) in [6, 6.07) is 0. The summed E-state index contributed by atoms with van der Waals surface area (Å²) in [4.78, 5) is 13.0. The molecule has 0 bridgehead atoms. The summed E-state index contributed by atoms with van der Waals surface area (Å²) in [7, 11) is 0. The average molecular weight is 323 g/mol. The highest BCUT2D eigenvalue weighted by Gasteiger charge is 2.59. The predicted octanol–water partition coefficient (Wildman–Crippen LogP) is 2.89. The lowest BCUT2D eigenvalue weighted by Gasteiger charge is -2.45. The Labute approximate surface area is 133 Å².